The molecular weight excluding hydrogens is 287 g/mol. The predicted molar refractivity (Wildman–Crippen MR) is 73.4 cm³/mol. The van der Waals surface area contributed by atoms with E-state index in [-0.39, 0.29) is 5.50 Å². The van der Waals surface area contributed by atoms with Gasteiger partial charge in [0.1, 0.15) is 5.76 Å². The van der Waals surface area contributed by atoms with Crippen molar-refractivity contribution in [3.63, 3.8) is 0 Å². The SMILES string of the molecule is Nc1nc2c(-c3ccc(P(=O)(O)O)o3)cccc2s1. The van der Waals surface area contributed by atoms with E-state index in [0.29, 0.717) is 22.0 Å². The van der Waals surface area contributed by atoms with Gasteiger partial charge in [0.15, 0.2) is 5.13 Å². The summed E-state index contributed by atoms with van der Waals surface area (Å²) in [6.45, 7) is 0. The molecule has 6 nitrogen and oxygen atoms in total. The van der Waals surface area contributed by atoms with Gasteiger partial charge in [0, 0.05) is 5.56 Å². The highest BCUT2D eigenvalue weighted by molar-refractivity contribution is 7.59. The fourth-order valence-corrected chi connectivity index (χ4v) is 3.04. The lowest BCUT2D eigenvalue weighted by Crippen LogP contribution is -1.98. The summed E-state index contributed by atoms with van der Waals surface area (Å²) < 4.78 is 17.2. The van der Waals surface area contributed by atoms with Gasteiger partial charge < -0.3 is 19.9 Å². The number of furan rings is 1. The zero-order chi connectivity index (χ0) is 13.6. The van der Waals surface area contributed by atoms with Crippen LogP contribution in [0.5, 0.6) is 0 Å². The van der Waals surface area contributed by atoms with Gasteiger partial charge >= 0.3 is 7.60 Å². The van der Waals surface area contributed by atoms with Crippen molar-refractivity contribution in [2.24, 2.45) is 0 Å². The first-order valence-corrected chi connectivity index (χ1v) is 7.69. The normalized spacial score (nSPS) is 12.1. The number of para-hydroxylation sites is 1. The number of nitrogen functional groups attached to an aromatic ring is 1. The maximum Gasteiger partial charge on any atom is 0.391 e. The first-order valence-electron chi connectivity index (χ1n) is 5.26. The van der Waals surface area contributed by atoms with E-state index in [9.17, 15) is 4.57 Å². The second-order valence-electron chi connectivity index (χ2n) is 3.89. The molecule has 0 radical (unpaired) electrons. The van der Waals surface area contributed by atoms with Crippen LogP contribution in [0.2, 0.25) is 0 Å². The number of nitrogens with two attached hydrogens (primary N) is 1. The standard InChI is InChI=1S/C11H9N2O4PS/c12-11-13-10-6(2-1-3-8(10)19-11)7-4-5-9(17-7)18(14,15)16/h1-5H,(H2,12,13)(H2,14,15,16). The summed E-state index contributed by atoms with van der Waals surface area (Å²) in [7, 11) is -4.38. The number of hydrogen-bond donors (Lipinski definition) is 3. The van der Waals surface area contributed by atoms with Gasteiger partial charge in [-0.1, -0.05) is 17.4 Å². The average molecular weight is 296 g/mol. The molecule has 0 atom stereocenters. The minimum Gasteiger partial charge on any atom is -0.448 e. The summed E-state index contributed by atoms with van der Waals surface area (Å²) in [6, 6.07) is 8.24. The number of thiazole rings is 1. The number of hydrogen-bond acceptors (Lipinski definition) is 5. The van der Waals surface area contributed by atoms with Gasteiger partial charge in [-0.25, -0.2) is 4.98 Å². The highest BCUT2D eigenvalue weighted by atomic mass is 32.1. The van der Waals surface area contributed by atoms with E-state index >= 15 is 0 Å². The van der Waals surface area contributed by atoms with Crippen LogP contribution in [0.3, 0.4) is 0 Å². The molecule has 0 amide bonds. The maximum atomic E-state index is 11.1. The highest BCUT2D eigenvalue weighted by Gasteiger charge is 2.23. The number of aromatic nitrogens is 1. The van der Waals surface area contributed by atoms with Crippen LogP contribution in [-0.4, -0.2) is 14.8 Å². The molecule has 0 unspecified atom stereocenters. The fourth-order valence-electron chi connectivity index (χ4n) is 1.79. The Bertz CT molecular complexity index is 804. The molecule has 0 bridgehead atoms. The van der Waals surface area contributed by atoms with Crippen molar-refractivity contribution in [2.75, 3.05) is 5.73 Å². The van der Waals surface area contributed by atoms with Crippen molar-refractivity contribution in [1.29, 1.82) is 0 Å². The highest BCUT2D eigenvalue weighted by Crippen LogP contribution is 2.37. The van der Waals surface area contributed by atoms with E-state index in [1.165, 1.54) is 23.5 Å². The summed E-state index contributed by atoms with van der Waals surface area (Å²) in [5.74, 6) is 0.356. The van der Waals surface area contributed by atoms with Crippen molar-refractivity contribution >= 4 is 39.8 Å². The first-order chi connectivity index (χ1) is 8.95. The second-order valence-corrected chi connectivity index (χ2v) is 6.48. The number of rotatable bonds is 2. The molecule has 2 heterocycles. The van der Waals surface area contributed by atoms with Gasteiger partial charge in [0.2, 0.25) is 5.50 Å². The van der Waals surface area contributed by atoms with Crippen LogP contribution >= 0.6 is 18.9 Å². The molecule has 3 rings (SSSR count). The topological polar surface area (TPSA) is 110 Å². The summed E-state index contributed by atoms with van der Waals surface area (Å²) in [5.41, 5.74) is 6.63. The van der Waals surface area contributed by atoms with Gasteiger partial charge in [-0.15, -0.1) is 0 Å². The molecule has 3 aromatic rings. The molecule has 0 saturated heterocycles. The van der Waals surface area contributed by atoms with Crippen molar-refractivity contribution < 1.29 is 18.8 Å². The molecule has 0 spiro atoms. The first kappa shape index (κ1) is 12.4. The fraction of sp³-hybridized carbons (Fsp3) is 0. The Labute approximate surface area is 111 Å². The van der Waals surface area contributed by atoms with E-state index < -0.39 is 7.60 Å². The third-order valence-corrected chi connectivity index (χ3v) is 4.24. The van der Waals surface area contributed by atoms with E-state index in [1.807, 2.05) is 12.1 Å². The summed E-state index contributed by atoms with van der Waals surface area (Å²) in [5, 5.41) is 0.434. The smallest absolute Gasteiger partial charge is 0.391 e. The van der Waals surface area contributed by atoms with Crippen molar-refractivity contribution in [1.82, 2.24) is 4.98 Å². The molecule has 2 aromatic heterocycles. The number of fused-ring (bicyclic) bond motifs is 1. The molecule has 98 valence electrons. The zero-order valence-electron chi connectivity index (χ0n) is 9.48. The van der Waals surface area contributed by atoms with E-state index in [2.05, 4.69) is 4.98 Å². The Kier molecular flexibility index (Phi) is 2.72. The van der Waals surface area contributed by atoms with E-state index in [4.69, 9.17) is 19.9 Å². The molecule has 0 aliphatic heterocycles. The lowest BCUT2D eigenvalue weighted by atomic mass is 10.1. The minimum absolute atomic E-state index is 0.356. The Hall–Kier alpha value is -1.66. The van der Waals surface area contributed by atoms with Crippen LogP contribution in [0.15, 0.2) is 34.7 Å². The molecule has 4 N–H and O–H groups in total. The van der Waals surface area contributed by atoms with Crippen LogP contribution in [0.25, 0.3) is 21.5 Å². The Morgan fingerprint density at radius 1 is 1.26 bits per heavy atom. The molecule has 1 aromatic carbocycles. The number of anilines is 1. The van der Waals surface area contributed by atoms with Gasteiger partial charge in [0.25, 0.3) is 0 Å². The molecule has 0 fully saturated rings. The number of nitrogens with zero attached hydrogens (tertiary/aromatic N) is 1. The van der Waals surface area contributed by atoms with Crippen LogP contribution in [-0.2, 0) is 4.57 Å². The molecule has 19 heavy (non-hydrogen) atoms. The molecule has 0 aliphatic rings. The summed E-state index contributed by atoms with van der Waals surface area (Å²) in [6.07, 6.45) is 0. The van der Waals surface area contributed by atoms with Crippen LogP contribution in [0.1, 0.15) is 0 Å². The summed E-state index contributed by atoms with van der Waals surface area (Å²) in [4.78, 5) is 22.3. The van der Waals surface area contributed by atoms with Crippen molar-refractivity contribution in [3.05, 3.63) is 30.3 Å². The predicted octanol–water partition coefficient (Wildman–Crippen LogP) is 1.94. The van der Waals surface area contributed by atoms with Crippen molar-refractivity contribution in [3.8, 4) is 11.3 Å². The molecule has 0 aliphatic carbocycles. The van der Waals surface area contributed by atoms with Gasteiger partial charge in [-0.3, -0.25) is 4.57 Å². The lowest BCUT2D eigenvalue weighted by Gasteiger charge is -2.00. The van der Waals surface area contributed by atoms with Crippen LogP contribution in [0.4, 0.5) is 5.13 Å². The van der Waals surface area contributed by atoms with Gasteiger partial charge in [-0.05, 0) is 24.3 Å². The summed E-state index contributed by atoms with van der Waals surface area (Å²) >= 11 is 1.34. The zero-order valence-corrected chi connectivity index (χ0v) is 11.2. The number of benzene rings is 1. The van der Waals surface area contributed by atoms with Gasteiger partial charge in [-0.2, -0.15) is 0 Å². The largest absolute Gasteiger partial charge is 0.448 e. The van der Waals surface area contributed by atoms with Crippen LogP contribution < -0.4 is 11.2 Å². The van der Waals surface area contributed by atoms with E-state index in [0.717, 1.165) is 4.70 Å². The van der Waals surface area contributed by atoms with Crippen LogP contribution in [0, 0.1) is 0 Å². The second kappa shape index (κ2) is 4.18. The molecule has 0 saturated carbocycles. The molecule has 8 heteroatoms. The van der Waals surface area contributed by atoms with Crippen molar-refractivity contribution in [2.45, 2.75) is 0 Å². The van der Waals surface area contributed by atoms with E-state index in [1.54, 1.807) is 6.07 Å². The minimum atomic E-state index is -4.38. The molecular formula is C11H9N2O4PS. The Morgan fingerprint density at radius 3 is 2.74 bits per heavy atom. The Balaban J connectivity index is 2.19. The quantitative estimate of drug-likeness (QED) is 0.623. The Morgan fingerprint density at radius 2 is 2.05 bits per heavy atom. The average Bonchev–Trinajstić information content (AvgIpc) is 2.91. The lowest BCUT2D eigenvalue weighted by molar-refractivity contribution is 0.377. The third kappa shape index (κ3) is 2.17. The van der Waals surface area contributed by atoms with Gasteiger partial charge in [0.05, 0.1) is 10.2 Å². The third-order valence-electron chi connectivity index (χ3n) is 2.58. The monoisotopic (exact) mass is 296 g/mol. The maximum absolute atomic E-state index is 11.1.